The third kappa shape index (κ3) is 2.59. The van der Waals surface area contributed by atoms with Gasteiger partial charge in [-0.15, -0.1) is 5.10 Å². The summed E-state index contributed by atoms with van der Waals surface area (Å²) in [5.41, 5.74) is 2.20. The Balaban J connectivity index is 2.47. The molecule has 2 aromatic rings. The van der Waals surface area contributed by atoms with Crippen molar-refractivity contribution in [3.8, 4) is 11.8 Å². The molecule has 0 N–H and O–H groups in total. The Bertz CT molecular complexity index is 578. The molecule has 0 saturated heterocycles. The fourth-order valence-electron chi connectivity index (χ4n) is 1.75. The van der Waals surface area contributed by atoms with E-state index < -0.39 is 0 Å². The van der Waals surface area contributed by atoms with E-state index in [4.69, 9.17) is 5.26 Å². The number of benzene rings is 1. The summed E-state index contributed by atoms with van der Waals surface area (Å²) in [6, 6.07) is 9.89. The number of nitrogens with zero attached hydrogens (tertiary/aromatic N) is 4. The van der Waals surface area contributed by atoms with Crippen molar-refractivity contribution in [3.63, 3.8) is 0 Å². The molecule has 0 aliphatic rings. The Labute approximate surface area is 114 Å². The van der Waals surface area contributed by atoms with Gasteiger partial charge in [0.1, 0.15) is 6.07 Å². The predicted molar refractivity (Wildman–Crippen MR) is 72.3 cm³/mol. The second-order valence-corrected chi connectivity index (χ2v) is 5.40. The van der Waals surface area contributed by atoms with Crippen LogP contribution in [0, 0.1) is 17.2 Å². The van der Waals surface area contributed by atoms with Gasteiger partial charge in [0, 0.05) is 4.47 Å². The van der Waals surface area contributed by atoms with Crippen molar-refractivity contribution in [2.24, 2.45) is 5.92 Å². The van der Waals surface area contributed by atoms with E-state index in [2.05, 4.69) is 46.2 Å². The van der Waals surface area contributed by atoms with E-state index in [-0.39, 0.29) is 0 Å². The second kappa shape index (κ2) is 5.32. The van der Waals surface area contributed by atoms with Gasteiger partial charge >= 0.3 is 0 Å². The number of rotatable bonds is 3. The summed E-state index contributed by atoms with van der Waals surface area (Å²) in [5, 5.41) is 17.1. The van der Waals surface area contributed by atoms with E-state index >= 15 is 0 Å². The summed E-state index contributed by atoms with van der Waals surface area (Å²) in [4.78, 5) is 0. The van der Waals surface area contributed by atoms with Crippen molar-refractivity contribution in [2.45, 2.75) is 20.3 Å². The van der Waals surface area contributed by atoms with Crippen LogP contribution in [0.25, 0.3) is 5.69 Å². The van der Waals surface area contributed by atoms with Crippen LogP contribution in [0.1, 0.15) is 25.2 Å². The van der Waals surface area contributed by atoms with Crippen molar-refractivity contribution < 1.29 is 0 Å². The first-order chi connectivity index (χ1) is 8.61. The maximum Gasteiger partial charge on any atom is 0.186 e. The molecule has 2 rings (SSSR count). The lowest BCUT2D eigenvalue weighted by molar-refractivity contribution is 0.613. The molecule has 0 saturated carbocycles. The van der Waals surface area contributed by atoms with E-state index in [0.29, 0.717) is 11.6 Å². The average Bonchev–Trinajstić information content (AvgIpc) is 2.72. The summed E-state index contributed by atoms with van der Waals surface area (Å²) in [6.07, 6.45) is 0.784. The maximum absolute atomic E-state index is 9.06. The summed E-state index contributed by atoms with van der Waals surface area (Å²) in [5.74, 6) is 0.449. The molecule has 0 spiro atoms. The predicted octanol–water partition coefficient (Wildman–Crippen LogP) is 3.10. The SMILES string of the molecule is CC(C)Cc1c(C#N)nnn1-c1ccc(Br)cc1. The third-order valence-corrected chi connectivity index (χ3v) is 3.07. The van der Waals surface area contributed by atoms with E-state index in [9.17, 15) is 0 Å². The standard InChI is InChI=1S/C13H13BrN4/c1-9(2)7-13-12(8-15)16-17-18(13)11-5-3-10(14)4-6-11/h3-6,9H,7H2,1-2H3. The van der Waals surface area contributed by atoms with Crippen LogP contribution in [-0.2, 0) is 6.42 Å². The lowest BCUT2D eigenvalue weighted by Gasteiger charge is -2.08. The van der Waals surface area contributed by atoms with Crippen molar-refractivity contribution in [3.05, 3.63) is 40.1 Å². The van der Waals surface area contributed by atoms with Gasteiger partial charge < -0.3 is 0 Å². The fraction of sp³-hybridized carbons (Fsp3) is 0.308. The summed E-state index contributed by atoms with van der Waals surface area (Å²) >= 11 is 3.40. The van der Waals surface area contributed by atoms with E-state index in [1.54, 1.807) is 4.68 Å². The summed E-state index contributed by atoms with van der Waals surface area (Å²) < 4.78 is 2.75. The Hall–Kier alpha value is -1.67. The minimum atomic E-state index is 0.409. The highest BCUT2D eigenvalue weighted by Gasteiger charge is 2.15. The average molecular weight is 305 g/mol. The molecule has 0 radical (unpaired) electrons. The number of halogens is 1. The van der Waals surface area contributed by atoms with Gasteiger partial charge in [0.2, 0.25) is 0 Å². The van der Waals surface area contributed by atoms with Gasteiger partial charge in [-0.2, -0.15) is 5.26 Å². The fourth-order valence-corrected chi connectivity index (χ4v) is 2.01. The first-order valence-electron chi connectivity index (χ1n) is 5.72. The van der Waals surface area contributed by atoms with E-state index in [1.165, 1.54) is 0 Å². The number of nitriles is 1. The van der Waals surface area contributed by atoms with Crippen molar-refractivity contribution in [1.82, 2.24) is 15.0 Å². The van der Waals surface area contributed by atoms with Gasteiger partial charge in [-0.1, -0.05) is 35.0 Å². The van der Waals surface area contributed by atoms with Crippen LogP contribution in [0.5, 0.6) is 0 Å². The molecule has 0 aliphatic carbocycles. The molecular weight excluding hydrogens is 292 g/mol. The quantitative estimate of drug-likeness (QED) is 0.875. The molecule has 4 nitrogen and oxygen atoms in total. The van der Waals surface area contributed by atoms with Gasteiger partial charge in [0.15, 0.2) is 5.69 Å². The molecule has 0 unspecified atom stereocenters. The molecule has 0 bridgehead atoms. The number of hydrogen-bond donors (Lipinski definition) is 0. The first kappa shape index (κ1) is 12.8. The van der Waals surface area contributed by atoms with Gasteiger partial charge in [0.05, 0.1) is 11.4 Å². The molecule has 1 heterocycles. The highest BCUT2D eigenvalue weighted by Crippen LogP contribution is 2.18. The summed E-state index contributed by atoms with van der Waals surface area (Å²) in [7, 11) is 0. The van der Waals surface area contributed by atoms with Crippen molar-refractivity contribution in [1.29, 1.82) is 5.26 Å². The molecule has 92 valence electrons. The Morgan fingerprint density at radius 1 is 1.33 bits per heavy atom. The minimum Gasteiger partial charge on any atom is -0.216 e. The van der Waals surface area contributed by atoms with Crippen LogP contribution in [0.15, 0.2) is 28.7 Å². The van der Waals surface area contributed by atoms with Gasteiger partial charge in [-0.3, -0.25) is 0 Å². The van der Waals surface area contributed by atoms with Crippen LogP contribution in [0.3, 0.4) is 0 Å². The van der Waals surface area contributed by atoms with Crippen LogP contribution in [0.4, 0.5) is 0 Å². The maximum atomic E-state index is 9.06. The Kier molecular flexibility index (Phi) is 3.78. The largest absolute Gasteiger partial charge is 0.216 e. The normalized spacial score (nSPS) is 10.6. The molecule has 0 atom stereocenters. The molecule has 0 fully saturated rings. The zero-order chi connectivity index (χ0) is 13.1. The van der Waals surface area contributed by atoms with E-state index in [0.717, 1.165) is 22.3 Å². The monoisotopic (exact) mass is 304 g/mol. The molecule has 0 aliphatic heterocycles. The minimum absolute atomic E-state index is 0.409. The smallest absolute Gasteiger partial charge is 0.186 e. The van der Waals surface area contributed by atoms with Crippen LogP contribution >= 0.6 is 15.9 Å². The molecule has 5 heteroatoms. The molecular formula is C13H13BrN4. The van der Waals surface area contributed by atoms with E-state index in [1.807, 2.05) is 24.3 Å². The third-order valence-electron chi connectivity index (χ3n) is 2.54. The van der Waals surface area contributed by atoms with Crippen LogP contribution < -0.4 is 0 Å². The molecule has 1 aromatic heterocycles. The van der Waals surface area contributed by atoms with Gasteiger partial charge in [0.25, 0.3) is 0 Å². The van der Waals surface area contributed by atoms with Crippen LogP contribution in [-0.4, -0.2) is 15.0 Å². The molecule has 1 aromatic carbocycles. The Morgan fingerprint density at radius 2 is 2.00 bits per heavy atom. The lowest BCUT2D eigenvalue weighted by Crippen LogP contribution is -2.06. The Morgan fingerprint density at radius 3 is 2.56 bits per heavy atom. The summed E-state index contributed by atoms with van der Waals surface area (Å²) in [6.45, 7) is 4.22. The topological polar surface area (TPSA) is 54.5 Å². The number of aromatic nitrogens is 3. The van der Waals surface area contributed by atoms with Crippen LogP contribution in [0.2, 0.25) is 0 Å². The second-order valence-electron chi connectivity index (χ2n) is 4.48. The van der Waals surface area contributed by atoms with Gasteiger partial charge in [-0.25, -0.2) is 4.68 Å². The van der Waals surface area contributed by atoms with Crippen molar-refractivity contribution in [2.75, 3.05) is 0 Å². The highest BCUT2D eigenvalue weighted by molar-refractivity contribution is 9.10. The highest BCUT2D eigenvalue weighted by atomic mass is 79.9. The lowest BCUT2D eigenvalue weighted by atomic mass is 10.1. The number of hydrogen-bond acceptors (Lipinski definition) is 3. The van der Waals surface area contributed by atoms with Crippen molar-refractivity contribution >= 4 is 15.9 Å². The first-order valence-corrected chi connectivity index (χ1v) is 6.51. The molecule has 0 amide bonds. The zero-order valence-electron chi connectivity index (χ0n) is 10.3. The van der Waals surface area contributed by atoms with Gasteiger partial charge in [-0.05, 0) is 36.6 Å². The zero-order valence-corrected chi connectivity index (χ0v) is 11.8. The molecule has 18 heavy (non-hydrogen) atoms.